The predicted octanol–water partition coefficient (Wildman–Crippen LogP) is 3.03. The van der Waals surface area contributed by atoms with Crippen molar-refractivity contribution in [2.45, 2.75) is 32.9 Å². The van der Waals surface area contributed by atoms with Gasteiger partial charge in [-0.2, -0.15) is 0 Å². The summed E-state index contributed by atoms with van der Waals surface area (Å²) in [6.45, 7) is 5.22. The molecule has 0 fully saturated rings. The van der Waals surface area contributed by atoms with Gasteiger partial charge in [-0.15, -0.1) is 0 Å². The number of rotatable bonds is 6. The molecule has 4 heteroatoms. The Hall–Kier alpha value is -2.62. The Morgan fingerprint density at radius 2 is 1.76 bits per heavy atom. The third-order valence-electron chi connectivity index (χ3n) is 4.48. The van der Waals surface area contributed by atoms with E-state index >= 15 is 0 Å². The molecule has 2 amide bonds. The standard InChI is InChI=1S/C21H24N2O2/c1-15(2)13-22-20(24)19(12-16-8-4-3-5-9-16)23-14-17-10-6-7-11-18(17)21(23)25/h3-11,15,19H,12-14H2,1-2H3,(H,22,24)/t19-/m0/s1. The monoisotopic (exact) mass is 336 g/mol. The van der Waals surface area contributed by atoms with Gasteiger partial charge in [-0.1, -0.05) is 62.4 Å². The molecule has 130 valence electrons. The fourth-order valence-corrected chi connectivity index (χ4v) is 3.13. The summed E-state index contributed by atoms with van der Waals surface area (Å²) in [6.07, 6.45) is 0.518. The highest BCUT2D eigenvalue weighted by Crippen LogP contribution is 2.26. The van der Waals surface area contributed by atoms with Gasteiger partial charge in [0.05, 0.1) is 0 Å². The fourth-order valence-electron chi connectivity index (χ4n) is 3.13. The van der Waals surface area contributed by atoms with Gasteiger partial charge in [-0.05, 0) is 23.1 Å². The summed E-state index contributed by atoms with van der Waals surface area (Å²) in [5.41, 5.74) is 2.75. The van der Waals surface area contributed by atoms with Crippen molar-refractivity contribution < 1.29 is 9.59 Å². The largest absolute Gasteiger partial charge is 0.354 e. The van der Waals surface area contributed by atoms with E-state index in [1.807, 2.05) is 54.6 Å². The van der Waals surface area contributed by atoms with Gasteiger partial charge in [-0.25, -0.2) is 0 Å². The number of nitrogens with zero attached hydrogens (tertiary/aromatic N) is 1. The van der Waals surface area contributed by atoms with E-state index in [-0.39, 0.29) is 11.8 Å². The molecule has 0 spiro atoms. The molecule has 0 aromatic heterocycles. The summed E-state index contributed by atoms with van der Waals surface area (Å²) in [7, 11) is 0. The van der Waals surface area contributed by atoms with Crippen LogP contribution in [0.1, 0.15) is 35.3 Å². The molecular weight excluding hydrogens is 312 g/mol. The first-order chi connectivity index (χ1) is 12.1. The van der Waals surface area contributed by atoms with Crippen LogP contribution in [0.3, 0.4) is 0 Å². The molecule has 1 aliphatic rings. The maximum absolute atomic E-state index is 12.8. The van der Waals surface area contributed by atoms with E-state index in [4.69, 9.17) is 0 Å². The Morgan fingerprint density at radius 3 is 2.44 bits per heavy atom. The summed E-state index contributed by atoms with van der Waals surface area (Å²) < 4.78 is 0. The normalized spacial score (nSPS) is 14.5. The van der Waals surface area contributed by atoms with Crippen molar-refractivity contribution in [1.82, 2.24) is 10.2 Å². The number of fused-ring (bicyclic) bond motifs is 1. The lowest BCUT2D eigenvalue weighted by atomic mass is 10.0. The molecule has 0 aliphatic carbocycles. The van der Waals surface area contributed by atoms with Crippen molar-refractivity contribution >= 4 is 11.8 Å². The molecule has 25 heavy (non-hydrogen) atoms. The molecule has 0 saturated heterocycles. The van der Waals surface area contributed by atoms with Crippen LogP contribution in [0.25, 0.3) is 0 Å². The van der Waals surface area contributed by atoms with Crippen LogP contribution in [0, 0.1) is 5.92 Å². The highest BCUT2D eigenvalue weighted by atomic mass is 16.2. The van der Waals surface area contributed by atoms with Crippen LogP contribution in [-0.2, 0) is 17.8 Å². The highest BCUT2D eigenvalue weighted by Gasteiger charge is 2.36. The van der Waals surface area contributed by atoms with E-state index in [1.54, 1.807) is 4.90 Å². The average Bonchev–Trinajstić information content (AvgIpc) is 2.95. The van der Waals surface area contributed by atoms with Gasteiger partial charge in [0.25, 0.3) is 5.91 Å². The Kier molecular flexibility index (Phi) is 5.17. The smallest absolute Gasteiger partial charge is 0.255 e. The van der Waals surface area contributed by atoms with Crippen LogP contribution < -0.4 is 5.32 Å². The Bertz CT molecular complexity index is 756. The first-order valence-corrected chi connectivity index (χ1v) is 8.76. The zero-order chi connectivity index (χ0) is 17.8. The minimum Gasteiger partial charge on any atom is -0.354 e. The molecule has 4 nitrogen and oxygen atoms in total. The zero-order valence-corrected chi connectivity index (χ0v) is 14.7. The van der Waals surface area contributed by atoms with Crippen molar-refractivity contribution in [3.8, 4) is 0 Å². The number of hydrogen-bond acceptors (Lipinski definition) is 2. The molecule has 0 radical (unpaired) electrons. The third kappa shape index (κ3) is 3.90. The molecule has 2 aromatic rings. The lowest BCUT2D eigenvalue weighted by molar-refractivity contribution is -0.125. The van der Waals surface area contributed by atoms with E-state index in [9.17, 15) is 9.59 Å². The maximum Gasteiger partial charge on any atom is 0.255 e. The summed E-state index contributed by atoms with van der Waals surface area (Å²) in [5, 5.41) is 2.99. The summed E-state index contributed by atoms with van der Waals surface area (Å²) in [5.74, 6) is 0.225. The van der Waals surface area contributed by atoms with Gasteiger partial charge in [0, 0.05) is 25.1 Å². The van der Waals surface area contributed by atoms with E-state index in [0.717, 1.165) is 11.1 Å². The van der Waals surface area contributed by atoms with Gasteiger partial charge in [0.2, 0.25) is 5.91 Å². The molecule has 0 unspecified atom stereocenters. The topological polar surface area (TPSA) is 49.4 Å². The van der Waals surface area contributed by atoms with Crippen LogP contribution in [0.4, 0.5) is 0 Å². The van der Waals surface area contributed by atoms with Crippen LogP contribution in [0.15, 0.2) is 54.6 Å². The summed E-state index contributed by atoms with van der Waals surface area (Å²) >= 11 is 0. The molecule has 0 saturated carbocycles. The number of carbonyl (C=O) groups is 2. The van der Waals surface area contributed by atoms with Crippen molar-refractivity contribution in [3.05, 3.63) is 71.3 Å². The van der Waals surface area contributed by atoms with E-state index < -0.39 is 6.04 Å². The molecule has 3 rings (SSSR count). The lowest BCUT2D eigenvalue weighted by Crippen LogP contribution is -2.49. The molecule has 1 N–H and O–H groups in total. The Morgan fingerprint density at radius 1 is 1.08 bits per heavy atom. The van der Waals surface area contributed by atoms with E-state index in [2.05, 4.69) is 19.2 Å². The lowest BCUT2D eigenvalue weighted by Gasteiger charge is -2.27. The van der Waals surface area contributed by atoms with Crippen LogP contribution in [0.2, 0.25) is 0 Å². The SMILES string of the molecule is CC(C)CNC(=O)[C@H](Cc1ccccc1)N1Cc2ccccc2C1=O. The molecule has 1 heterocycles. The predicted molar refractivity (Wildman–Crippen MR) is 98.1 cm³/mol. The zero-order valence-electron chi connectivity index (χ0n) is 14.7. The van der Waals surface area contributed by atoms with Gasteiger partial charge < -0.3 is 10.2 Å². The maximum atomic E-state index is 12.8. The van der Waals surface area contributed by atoms with Gasteiger partial charge in [0.15, 0.2) is 0 Å². The van der Waals surface area contributed by atoms with Crippen LogP contribution in [0.5, 0.6) is 0 Å². The average molecular weight is 336 g/mol. The molecule has 2 aromatic carbocycles. The second-order valence-electron chi connectivity index (χ2n) is 6.93. The second-order valence-corrected chi connectivity index (χ2v) is 6.93. The van der Waals surface area contributed by atoms with Crippen molar-refractivity contribution in [2.24, 2.45) is 5.92 Å². The summed E-state index contributed by atoms with van der Waals surface area (Å²) in [4.78, 5) is 27.3. The number of benzene rings is 2. The first-order valence-electron chi connectivity index (χ1n) is 8.76. The Balaban J connectivity index is 1.84. The summed E-state index contributed by atoms with van der Waals surface area (Å²) in [6, 6.07) is 17.0. The van der Waals surface area contributed by atoms with Crippen LogP contribution in [-0.4, -0.2) is 29.3 Å². The van der Waals surface area contributed by atoms with Gasteiger partial charge in [-0.3, -0.25) is 9.59 Å². The number of hydrogen-bond donors (Lipinski definition) is 1. The van der Waals surface area contributed by atoms with E-state index in [0.29, 0.717) is 31.0 Å². The fraction of sp³-hybridized carbons (Fsp3) is 0.333. The van der Waals surface area contributed by atoms with Gasteiger partial charge in [0.1, 0.15) is 6.04 Å². The first kappa shape index (κ1) is 17.2. The number of amides is 2. The third-order valence-corrected chi connectivity index (χ3v) is 4.48. The Labute approximate surface area is 148 Å². The molecule has 1 atom stereocenters. The highest BCUT2D eigenvalue weighted by molar-refractivity contribution is 6.01. The minimum absolute atomic E-state index is 0.0590. The second kappa shape index (κ2) is 7.51. The molecular formula is C21H24N2O2. The van der Waals surface area contributed by atoms with Gasteiger partial charge >= 0.3 is 0 Å². The minimum atomic E-state index is -0.499. The van der Waals surface area contributed by atoms with Crippen molar-refractivity contribution in [1.29, 1.82) is 0 Å². The van der Waals surface area contributed by atoms with Crippen LogP contribution >= 0.6 is 0 Å². The molecule has 1 aliphatic heterocycles. The van der Waals surface area contributed by atoms with E-state index in [1.165, 1.54) is 0 Å². The molecule has 0 bridgehead atoms. The van der Waals surface area contributed by atoms with Crippen molar-refractivity contribution in [2.75, 3.05) is 6.54 Å². The van der Waals surface area contributed by atoms with Crippen molar-refractivity contribution in [3.63, 3.8) is 0 Å². The number of nitrogens with one attached hydrogen (secondary N) is 1. The quantitative estimate of drug-likeness (QED) is 0.881. The number of carbonyl (C=O) groups excluding carboxylic acids is 2.